The van der Waals surface area contributed by atoms with Crippen LogP contribution in [-0.2, 0) is 0 Å². The first-order chi connectivity index (χ1) is 8.99. The van der Waals surface area contributed by atoms with Crippen LogP contribution in [0.15, 0.2) is 29.6 Å². The molecule has 19 heavy (non-hydrogen) atoms. The van der Waals surface area contributed by atoms with Crippen LogP contribution < -0.4 is 5.73 Å². The first-order valence-electron chi connectivity index (χ1n) is 6.34. The molecule has 0 amide bonds. The van der Waals surface area contributed by atoms with E-state index in [1.807, 2.05) is 31.2 Å². The first kappa shape index (κ1) is 13.9. The molecule has 0 saturated carbocycles. The van der Waals surface area contributed by atoms with Crippen molar-refractivity contribution in [3.8, 4) is 0 Å². The van der Waals surface area contributed by atoms with Gasteiger partial charge >= 0.3 is 0 Å². The fourth-order valence-electron chi connectivity index (χ4n) is 1.77. The Balaban J connectivity index is 2.23. The van der Waals surface area contributed by atoms with E-state index in [1.165, 1.54) is 16.9 Å². The summed E-state index contributed by atoms with van der Waals surface area (Å²) >= 11 is 1.43. The first-order valence-corrected chi connectivity index (χ1v) is 7.22. The van der Waals surface area contributed by atoms with Crippen LogP contribution in [0.2, 0.25) is 0 Å². The summed E-state index contributed by atoms with van der Waals surface area (Å²) in [6, 6.07) is 7.59. The number of hydrogen-bond acceptors (Lipinski definition) is 4. The molecule has 2 rings (SSSR count). The van der Waals surface area contributed by atoms with Gasteiger partial charge in [0.25, 0.3) is 0 Å². The minimum atomic E-state index is -0.130. The third-order valence-corrected chi connectivity index (χ3v) is 4.03. The van der Waals surface area contributed by atoms with Gasteiger partial charge in [0.05, 0.1) is 6.04 Å². The largest absolute Gasteiger partial charge is 0.322 e. The predicted molar refractivity (Wildman–Crippen MR) is 78.7 cm³/mol. The minimum absolute atomic E-state index is 0.0431. The van der Waals surface area contributed by atoms with Crippen LogP contribution >= 0.6 is 11.3 Å². The Morgan fingerprint density at radius 1 is 1.21 bits per heavy atom. The highest BCUT2D eigenvalue weighted by molar-refractivity contribution is 7.09. The van der Waals surface area contributed by atoms with Crippen LogP contribution in [0.25, 0.3) is 0 Å². The number of carbonyl (C=O) groups excluding carboxylic acids is 1. The van der Waals surface area contributed by atoms with E-state index in [1.54, 1.807) is 5.38 Å². The lowest BCUT2D eigenvalue weighted by Gasteiger charge is -2.05. The topological polar surface area (TPSA) is 56.0 Å². The second-order valence-electron chi connectivity index (χ2n) is 4.97. The summed E-state index contributed by atoms with van der Waals surface area (Å²) in [5.74, 6) is 0.423. The summed E-state index contributed by atoms with van der Waals surface area (Å²) < 4.78 is 0. The number of aromatic nitrogens is 1. The monoisotopic (exact) mass is 274 g/mol. The summed E-state index contributed by atoms with van der Waals surface area (Å²) in [7, 11) is 0. The van der Waals surface area contributed by atoms with E-state index in [0.29, 0.717) is 17.2 Å². The quantitative estimate of drug-likeness (QED) is 0.868. The van der Waals surface area contributed by atoms with Crippen LogP contribution in [0.5, 0.6) is 0 Å². The average molecular weight is 274 g/mol. The summed E-state index contributed by atoms with van der Waals surface area (Å²) in [5.41, 5.74) is 8.14. The standard InChI is InChI=1S/C15H18N2OS/c1-9(2)11-4-6-12(7-5-11)14(18)13-8-19-15(17-13)10(3)16/h4-10H,16H2,1-3H3. The zero-order chi connectivity index (χ0) is 14.0. The van der Waals surface area contributed by atoms with Crippen molar-refractivity contribution in [1.82, 2.24) is 4.98 Å². The molecule has 0 bridgehead atoms. The van der Waals surface area contributed by atoms with Crippen LogP contribution in [0.4, 0.5) is 0 Å². The maximum absolute atomic E-state index is 12.3. The highest BCUT2D eigenvalue weighted by Gasteiger charge is 2.14. The Hall–Kier alpha value is -1.52. The molecule has 0 saturated heterocycles. The van der Waals surface area contributed by atoms with Gasteiger partial charge in [0.1, 0.15) is 10.7 Å². The van der Waals surface area contributed by atoms with Gasteiger partial charge in [-0.1, -0.05) is 38.1 Å². The number of benzene rings is 1. The molecule has 0 spiro atoms. The van der Waals surface area contributed by atoms with Crippen molar-refractivity contribution >= 4 is 17.1 Å². The Labute approximate surface area is 117 Å². The van der Waals surface area contributed by atoms with Gasteiger partial charge in [0.2, 0.25) is 5.78 Å². The Kier molecular flexibility index (Phi) is 4.12. The minimum Gasteiger partial charge on any atom is -0.322 e. The second-order valence-corrected chi connectivity index (χ2v) is 5.86. The van der Waals surface area contributed by atoms with E-state index in [4.69, 9.17) is 5.73 Å². The molecular weight excluding hydrogens is 256 g/mol. The molecule has 0 aliphatic carbocycles. The zero-order valence-electron chi connectivity index (χ0n) is 11.4. The molecule has 1 heterocycles. The fourth-order valence-corrected chi connectivity index (χ4v) is 2.53. The van der Waals surface area contributed by atoms with E-state index in [0.717, 1.165) is 5.01 Å². The smallest absolute Gasteiger partial charge is 0.212 e. The maximum atomic E-state index is 12.3. The molecule has 4 heteroatoms. The molecule has 1 unspecified atom stereocenters. The van der Waals surface area contributed by atoms with Gasteiger partial charge < -0.3 is 5.73 Å². The molecule has 1 atom stereocenters. The number of thiazole rings is 1. The van der Waals surface area contributed by atoms with Gasteiger partial charge in [-0.05, 0) is 18.4 Å². The van der Waals surface area contributed by atoms with Crippen LogP contribution in [-0.4, -0.2) is 10.8 Å². The Morgan fingerprint density at radius 3 is 2.32 bits per heavy atom. The molecule has 1 aromatic carbocycles. The predicted octanol–water partition coefficient (Wildman–Crippen LogP) is 3.52. The van der Waals surface area contributed by atoms with Crippen molar-refractivity contribution in [2.45, 2.75) is 32.7 Å². The highest BCUT2D eigenvalue weighted by Crippen LogP contribution is 2.20. The number of ketones is 1. The van der Waals surface area contributed by atoms with E-state index >= 15 is 0 Å². The van der Waals surface area contributed by atoms with E-state index in [-0.39, 0.29) is 11.8 Å². The third-order valence-electron chi connectivity index (χ3n) is 2.98. The Morgan fingerprint density at radius 2 is 1.84 bits per heavy atom. The Bertz CT molecular complexity index is 570. The maximum Gasteiger partial charge on any atom is 0.212 e. The van der Waals surface area contributed by atoms with E-state index in [2.05, 4.69) is 18.8 Å². The van der Waals surface area contributed by atoms with Gasteiger partial charge in [-0.2, -0.15) is 0 Å². The van der Waals surface area contributed by atoms with E-state index in [9.17, 15) is 4.79 Å². The summed E-state index contributed by atoms with van der Waals surface area (Å²) in [4.78, 5) is 16.6. The average Bonchev–Trinajstić information content (AvgIpc) is 2.87. The molecule has 0 radical (unpaired) electrons. The van der Waals surface area contributed by atoms with Gasteiger partial charge in [0, 0.05) is 10.9 Å². The number of carbonyl (C=O) groups is 1. The van der Waals surface area contributed by atoms with Gasteiger partial charge in [-0.3, -0.25) is 4.79 Å². The molecule has 1 aromatic heterocycles. The third kappa shape index (κ3) is 3.08. The van der Waals surface area contributed by atoms with Gasteiger partial charge in [-0.25, -0.2) is 4.98 Å². The number of nitrogens with two attached hydrogens (primary N) is 1. The zero-order valence-corrected chi connectivity index (χ0v) is 12.2. The SMILES string of the molecule is CC(C)c1ccc(C(=O)c2csc(C(C)N)n2)cc1. The lowest BCUT2D eigenvalue weighted by Crippen LogP contribution is -2.06. The molecule has 0 aliphatic heterocycles. The van der Waals surface area contributed by atoms with Crippen LogP contribution in [0.1, 0.15) is 59.4 Å². The fraction of sp³-hybridized carbons (Fsp3) is 0.333. The van der Waals surface area contributed by atoms with Crippen molar-refractivity contribution < 1.29 is 4.79 Å². The van der Waals surface area contributed by atoms with Crippen LogP contribution in [0.3, 0.4) is 0 Å². The summed E-state index contributed by atoms with van der Waals surface area (Å²) in [6.45, 7) is 6.13. The van der Waals surface area contributed by atoms with Crippen molar-refractivity contribution in [3.05, 3.63) is 51.5 Å². The number of rotatable bonds is 4. The lowest BCUT2D eigenvalue weighted by atomic mass is 10.00. The van der Waals surface area contributed by atoms with E-state index < -0.39 is 0 Å². The molecule has 100 valence electrons. The van der Waals surface area contributed by atoms with Crippen molar-refractivity contribution in [2.75, 3.05) is 0 Å². The van der Waals surface area contributed by atoms with Crippen molar-refractivity contribution in [1.29, 1.82) is 0 Å². The van der Waals surface area contributed by atoms with Crippen molar-refractivity contribution in [2.24, 2.45) is 5.73 Å². The molecule has 3 nitrogen and oxygen atoms in total. The number of hydrogen-bond donors (Lipinski definition) is 1. The summed E-state index contributed by atoms with van der Waals surface area (Å²) in [6.07, 6.45) is 0. The molecule has 0 aliphatic rings. The summed E-state index contributed by atoms with van der Waals surface area (Å²) in [5, 5.41) is 2.57. The highest BCUT2D eigenvalue weighted by atomic mass is 32.1. The van der Waals surface area contributed by atoms with Crippen LogP contribution in [0, 0.1) is 0 Å². The molecule has 2 aromatic rings. The second kappa shape index (κ2) is 5.63. The molecule has 0 fully saturated rings. The number of nitrogens with zero attached hydrogens (tertiary/aromatic N) is 1. The van der Waals surface area contributed by atoms with Crippen molar-refractivity contribution in [3.63, 3.8) is 0 Å². The normalized spacial score (nSPS) is 12.7. The molecule has 2 N–H and O–H groups in total. The lowest BCUT2D eigenvalue weighted by molar-refractivity contribution is 0.103. The van der Waals surface area contributed by atoms with Gasteiger partial charge in [-0.15, -0.1) is 11.3 Å². The van der Waals surface area contributed by atoms with Gasteiger partial charge in [0.15, 0.2) is 0 Å². The molecular formula is C15H18N2OS.